The zero-order chi connectivity index (χ0) is 14.6. The number of esters is 1. The summed E-state index contributed by atoms with van der Waals surface area (Å²) in [5.41, 5.74) is 0.413. The van der Waals surface area contributed by atoms with Crippen LogP contribution in [0.4, 0.5) is 0 Å². The number of carbonyl (C=O) groups is 1. The molecule has 0 unspecified atom stereocenters. The molecule has 1 rings (SSSR count). The van der Waals surface area contributed by atoms with Crippen LogP contribution in [-0.4, -0.2) is 10.9 Å². The lowest BCUT2D eigenvalue weighted by molar-refractivity contribution is -0.422. The highest BCUT2D eigenvalue weighted by molar-refractivity contribution is 9.11. The first-order valence-electron chi connectivity index (χ1n) is 5.37. The highest BCUT2D eigenvalue weighted by Crippen LogP contribution is 2.34. The Morgan fingerprint density at radius 1 is 1.47 bits per heavy atom. The molecule has 0 bridgehead atoms. The third-order valence-electron chi connectivity index (χ3n) is 2.19. The van der Waals surface area contributed by atoms with Crippen LogP contribution in [0.2, 0.25) is 0 Å². The minimum absolute atomic E-state index is 0.0428. The molecule has 0 heterocycles. The fourth-order valence-electron chi connectivity index (χ4n) is 1.26. The van der Waals surface area contributed by atoms with E-state index in [1.165, 1.54) is 13.0 Å². The third-order valence-corrected chi connectivity index (χ3v) is 3.24. The van der Waals surface area contributed by atoms with Crippen LogP contribution in [-0.2, 0) is 4.79 Å². The molecule has 0 fully saturated rings. The number of hydrogen-bond donors (Lipinski definition) is 0. The Kier molecular flexibility index (Phi) is 5.68. The summed E-state index contributed by atoms with van der Waals surface area (Å²) in [5, 5.41) is 10.7. The Bertz CT molecular complexity index is 555. The molecule has 7 heteroatoms. The second kappa shape index (κ2) is 6.81. The first kappa shape index (κ1) is 15.8. The van der Waals surface area contributed by atoms with Crippen LogP contribution in [0.15, 0.2) is 26.8 Å². The Morgan fingerprint density at radius 2 is 2.11 bits per heavy atom. The van der Waals surface area contributed by atoms with Crippen LogP contribution >= 0.6 is 31.9 Å². The molecule has 1 aromatic carbocycles. The van der Waals surface area contributed by atoms with Gasteiger partial charge in [0, 0.05) is 29.5 Å². The van der Waals surface area contributed by atoms with E-state index in [-0.39, 0.29) is 17.9 Å². The number of carbonyl (C=O) groups excluding carboxylic acids is 1. The molecular weight excluding hydrogens is 382 g/mol. The van der Waals surface area contributed by atoms with Gasteiger partial charge in [0.15, 0.2) is 5.75 Å². The summed E-state index contributed by atoms with van der Waals surface area (Å²) in [6, 6.07) is 3.35. The van der Waals surface area contributed by atoms with E-state index in [2.05, 4.69) is 31.9 Å². The Balaban J connectivity index is 3.32. The van der Waals surface area contributed by atoms with E-state index in [0.29, 0.717) is 10.0 Å². The lowest BCUT2D eigenvalue weighted by Crippen LogP contribution is -2.07. The highest BCUT2D eigenvalue weighted by atomic mass is 79.9. The van der Waals surface area contributed by atoms with Gasteiger partial charge in [-0.1, -0.05) is 22.9 Å². The molecule has 102 valence electrons. The zero-order valence-electron chi connectivity index (χ0n) is 10.3. The Hall–Kier alpha value is -1.21. The largest absolute Gasteiger partial charge is 0.425 e. The van der Waals surface area contributed by atoms with E-state index in [9.17, 15) is 14.9 Å². The van der Waals surface area contributed by atoms with Gasteiger partial charge < -0.3 is 4.74 Å². The second-order valence-corrected chi connectivity index (χ2v) is 5.45. The van der Waals surface area contributed by atoms with Crippen molar-refractivity contribution >= 4 is 43.9 Å². The second-order valence-electron chi connectivity index (χ2n) is 3.68. The molecule has 0 atom stereocenters. The number of ether oxygens (including phenoxy) is 1. The molecule has 0 radical (unpaired) electrons. The van der Waals surface area contributed by atoms with Crippen molar-refractivity contribution in [3.05, 3.63) is 42.5 Å². The number of nitro groups is 1. The van der Waals surface area contributed by atoms with Crippen molar-refractivity contribution in [2.24, 2.45) is 0 Å². The zero-order valence-corrected chi connectivity index (χ0v) is 13.4. The smallest absolute Gasteiger partial charge is 0.310 e. The van der Waals surface area contributed by atoms with E-state index in [1.807, 2.05) is 0 Å². The van der Waals surface area contributed by atoms with Gasteiger partial charge >= 0.3 is 5.97 Å². The summed E-state index contributed by atoms with van der Waals surface area (Å²) in [4.78, 5) is 21.6. The lowest BCUT2D eigenvalue weighted by atomic mass is 10.1. The van der Waals surface area contributed by atoms with E-state index >= 15 is 0 Å². The molecule has 0 aliphatic carbocycles. The molecule has 0 saturated carbocycles. The first-order chi connectivity index (χ1) is 8.85. The van der Waals surface area contributed by atoms with Gasteiger partial charge in [0.05, 0.1) is 9.40 Å². The monoisotopic (exact) mass is 391 g/mol. The van der Waals surface area contributed by atoms with Crippen molar-refractivity contribution in [2.75, 3.05) is 0 Å². The fraction of sp³-hybridized carbons (Fsp3) is 0.250. The van der Waals surface area contributed by atoms with Gasteiger partial charge in [-0.25, -0.2) is 0 Å². The summed E-state index contributed by atoms with van der Waals surface area (Å²) < 4.78 is 6.45. The van der Waals surface area contributed by atoms with E-state index in [4.69, 9.17) is 4.74 Å². The van der Waals surface area contributed by atoms with Crippen LogP contribution in [0.1, 0.15) is 25.8 Å². The van der Waals surface area contributed by atoms with Crippen molar-refractivity contribution in [3.8, 4) is 5.75 Å². The van der Waals surface area contributed by atoms with Crippen LogP contribution in [0.25, 0.3) is 6.08 Å². The average Bonchev–Trinajstić information content (AvgIpc) is 2.32. The fourth-order valence-corrected chi connectivity index (χ4v) is 2.60. The lowest BCUT2D eigenvalue weighted by Gasteiger charge is -2.09. The van der Waals surface area contributed by atoms with Crippen molar-refractivity contribution in [3.63, 3.8) is 0 Å². The molecule has 0 spiro atoms. The highest BCUT2D eigenvalue weighted by Gasteiger charge is 2.14. The summed E-state index contributed by atoms with van der Waals surface area (Å²) in [7, 11) is 0. The number of halogens is 2. The van der Waals surface area contributed by atoms with Gasteiger partial charge in [0.25, 0.3) is 0 Å². The molecule has 0 saturated heterocycles. The standard InChI is InChI=1S/C12H11Br2NO4/c1-3-11(16)19-12-8(4-7(2)15(17)18)5-9(13)6-10(12)14/h4-6H,3H2,1-2H3. The number of hydrogen-bond acceptors (Lipinski definition) is 4. The molecule has 5 nitrogen and oxygen atoms in total. The Labute approximate surface area is 127 Å². The van der Waals surface area contributed by atoms with Crippen molar-refractivity contribution in [2.45, 2.75) is 20.3 Å². The minimum atomic E-state index is -0.500. The van der Waals surface area contributed by atoms with Crippen molar-refractivity contribution < 1.29 is 14.5 Å². The predicted octanol–water partition coefficient (Wildman–Crippen LogP) is 4.16. The summed E-state index contributed by atoms with van der Waals surface area (Å²) in [5.74, 6) is -0.132. The molecule has 0 aromatic heterocycles. The Morgan fingerprint density at radius 3 is 2.63 bits per heavy atom. The van der Waals surface area contributed by atoms with Gasteiger partial charge in [-0.15, -0.1) is 0 Å². The molecular formula is C12H11Br2NO4. The van der Waals surface area contributed by atoms with Crippen LogP contribution < -0.4 is 4.74 Å². The van der Waals surface area contributed by atoms with E-state index in [1.54, 1.807) is 19.1 Å². The summed E-state index contributed by atoms with van der Waals surface area (Å²) in [6.45, 7) is 3.05. The van der Waals surface area contributed by atoms with E-state index in [0.717, 1.165) is 4.47 Å². The summed E-state index contributed by atoms with van der Waals surface area (Å²) >= 11 is 6.56. The van der Waals surface area contributed by atoms with Gasteiger partial charge in [-0.2, -0.15) is 0 Å². The molecule has 0 N–H and O–H groups in total. The normalized spacial score (nSPS) is 11.3. The van der Waals surface area contributed by atoms with Crippen LogP contribution in [0.3, 0.4) is 0 Å². The van der Waals surface area contributed by atoms with Gasteiger partial charge in [-0.05, 0) is 28.1 Å². The van der Waals surface area contributed by atoms with Gasteiger partial charge in [0.2, 0.25) is 5.70 Å². The molecule has 0 aliphatic rings. The predicted molar refractivity (Wildman–Crippen MR) is 78.4 cm³/mol. The number of benzene rings is 1. The first-order valence-corrected chi connectivity index (χ1v) is 6.96. The maximum atomic E-state index is 11.4. The summed E-state index contributed by atoms with van der Waals surface area (Å²) in [6.07, 6.45) is 1.58. The maximum Gasteiger partial charge on any atom is 0.310 e. The van der Waals surface area contributed by atoms with Gasteiger partial charge in [0.1, 0.15) is 0 Å². The van der Waals surface area contributed by atoms with Crippen LogP contribution in [0, 0.1) is 10.1 Å². The number of nitrogens with zero attached hydrogens (tertiary/aromatic N) is 1. The molecule has 0 aliphatic heterocycles. The van der Waals surface area contributed by atoms with Gasteiger partial charge in [-0.3, -0.25) is 14.9 Å². The quantitative estimate of drug-likeness (QED) is 0.334. The molecule has 0 amide bonds. The van der Waals surface area contributed by atoms with Crippen LogP contribution in [0.5, 0.6) is 5.75 Å². The van der Waals surface area contributed by atoms with E-state index < -0.39 is 10.9 Å². The molecule has 19 heavy (non-hydrogen) atoms. The SMILES string of the molecule is CCC(=O)Oc1c(Br)cc(Br)cc1C=C(C)[N+](=O)[O-]. The van der Waals surface area contributed by atoms with Crippen molar-refractivity contribution in [1.29, 1.82) is 0 Å². The number of rotatable bonds is 4. The topological polar surface area (TPSA) is 69.4 Å². The minimum Gasteiger partial charge on any atom is -0.425 e. The maximum absolute atomic E-state index is 11.4. The average molecular weight is 393 g/mol. The number of allylic oxidation sites excluding steroid dienone is 1. The van der Waals surface area contributed by atoms with Crippen molar-refractivity contribution in [1.82, 2.24) is 0 Å². The third kappa shape index (κ3) is 4.43. The molecule has 1 aromatic rings.